The van der Waals surface area contributed by atoms with Gasteiger partial charge in [-0.05, 0) is 23.8 Å². The molecule has 25 heavy (non-hydrogen) atoms. The molecule has 0 N–H and O–H groups in total. The van der Waals surface area contributed by atoms with Crippen LogP contribution in [0.1, 0.15) is 33.7 Å². The first-order valence-electron chi connectivity index (χ1n) is 7.77. The summed E-state index contributed by atoms with van der Waals surface area (Å²) in [4.78, 5) is 12.3. The molecule has 132 valence electrons. The summed E-state index contributed by atoms with van der Waals surface area (Å²) < 4.78 is 27.2. The van der Waals surface area contributed by atoms with E-state index in [0.717, 1.165) is 11.1 Å². The molecule has 0 radical (unpaired) electrons. The Bertz CT molecular complexity index is 785. The van der Waals surface area contributed by atoms with E-state index >= 15 is 0 Å². The Morgan fingerprint density at radius 2 is 1.64 bits per heavy atom. The van der Waals surface area contributed by atoms with Crippen molar-refractivity contribution in [3.63, 3.8) is 0 Å². The number of carbonyl (C=O) groups is 1. The van der Waals surface area contributed by atoms with E-state index in [0.29, 0.717) is 22.8 Å². The third-order valence-corrected chi connectivity index (χ3v) is 4.29. The zero-order valence-corrected chi connectivity index (χ0v) is 14.6. The molecule has 6 nitrogen and oxygen atoms in total. The van der Waals surface area contributed by atoms with Gasteiger partial charge in [-0.15, -0.1) is 0 Å². The Morgan fingerprint density at radius 3 is 2.28 bits per heavy atom. The van der Waals surface area contributed by atoms with Crippen LogP contribution < -0.4 is 14.2 Å². The van der Waals surface area contributed by atoms with Crippen LogP contribution in [0, 0.1) is 0 Å². The number of rotatable bonds is 6. The van der Waals surface area contributed by atoms with Crippen LogP contribution in [0.5, 0.6) is 17.2 Å². The normalized spacial score (nSPS) is 16.8. The minimum Gasteiger partial charge on any atom is -0.496 e. The minimum atomic E-state index is -0.569. The lowest BCUT2D eigenvalue weighted by atomic mass is 9.96. The van der Waals surface area contributed by atoms with E-state index in [9.17, 15) is 4.79 Å². The van der Waals surface area contributed by atoms with E-state index in [2.05, 4.69) is 0 Å². The Hall–Kier alpha value is -2.73. The molecule has 2 atom stereocenters. The smallest absolute Gasteiger partial charge is 0.343 e. The molecule has 1 aliphatic heterocycles. The summed E-state index contributed by atoms with van der Waals surface area (Å²) in [6, 6.07) is 10.9. The van der Waals surface area contributed by atoms with Gasteiger partial charge >= 0.3 is 5.97 Å². The molecule has 3 rings (SSSR count). The topological polar surface area (TPSA) is 63.2 Å². The molecular formula is C19H20O6. The molecule has 2 aromatic rings. The number of ether oxygens (including phenoxy) is 5. The van der Waals surface area contributed by atoms with Gasteiger partial charge in [0.25, 0.3) is 0 Å². The Kier molecular flexibility index (Phi) is 4.81. The van der Waals surface area contributed by atoms with Crippen LogP contribution in [0.4, 0.5) is 0 Å². The first-order valence-corrected chi connectivity index (χ1v) is 7.77. The van der Waals surface area contributed by atoms with Crippen LogP contribution in [0.15, 0.2) is 36.4 Å². The van der Waals surface area contributed by atoms with E-state index in [1.165, 1.54) is 7.11 Å². The molecule has 1 heterocycles. The first-order chi connectivity index (χ1) is 12.1. The van der Waals surface area contributed by atoms with Gasteiger partial charge in [0.05, 0.1) is 21.3 Å². The highest BCUT2D eigenvalue weighted by molar-refractivity contribution is 5.97. The number of carbonyl (C=O) groups excluding carboxylic acids is 1. The maximum Gasteiger partial charge on any atom is 0.343 e. The molecular weight excluding hydrogens is 324 g/mol. The Labute approximate surface area is 146 Å². The summed E-state index contributed by atoms with van der Waals surface area (Å²) >= 11 is 0. The van der Waals surface area contributed by atoms with Crippen LogP contribution in [-0.2, 0) is 9.47 Å². The highest BCUT2D eigenvalue weighted by atomic mass is 16.6. The zero-order valence-electron chi connectivity index (χ0n) is 14.6. The lowest BCUT2D eigenvalue weighted by Gasteiger charge is -2.23. The van der Waals surface area contributed by atoms with Crippen molar-refractivity contribution in [2.24, 2.45) is 0 Å². The lowest BCUT2D eigenvalue weighted by molar-refractivity contribution is -0.0297. The molecule has 0 spiro atoms. The van der Waals surface area contributed by atoms with Crippen LogP contribution >= 0.6 is 0 Å². The summed E-state index contributed by atoms with van der Waals surface area (Å²) in [7, 11) is 6.25. The zero-order chi connectivity index (χ0) is 18.0. The number of esters is 1. The molecule has 6 heteroatoms. The lowest BCUT2D eigenvalue weighted by Crippen LogP contribution is -2.13. The highest BCUT2D eigenvalue weighted by Crippen LogP contribution is 2.45. The summed E-state index contributed by atoms with van der Waals surface area (Å²) in [6.45, 7) is 0. The second-order valence-corrected chi connectivity index (χ2v) is 5.52. The second-order valence-electron chi connectivity index (χ2n) is 5.52. The molecule has 0 bridgehead atoms. The molecule has 0 aliphatic carbocycles. The fraction of sp³-hybridized carbons (Fsp3) is 0.316. The van der Waals surface area contributed by atoms with E-state index in [1.807, 2.05) is 24.3 Å². The monoisotopic (exact) mass is 344 g/mol. The first kappa shape index (κ1) is 17.1. The molecule has 0 fully saturated rings. The highest BCUT2D eigenvalue weighted by Gasteiger charge is 2.39. The SMILES string of the molecule is COc1ccc([C@@H](OC)[C@H]2OC(=O)c3c(OC)cccc32)cc1OC. The molecule has 0 saturated carbocycles. The summed E-state index contributed by atoms with van der Waals surface area (Å²) in [5.41, 5.74) is 2.00. The maximum absolute atomic E-state index is 12.3. The number of fused-ring (bicyclic) bond motifs is 1. The molecule has 0 saturated heterocycles. The number of benzene rings is 2. The fourth-order valence-corrected chi connectivity index (χ4v) is 3.10. The van der Waals surface area contributed by atoms with E-state index in [-0.39, 0.29) is 0 Å². The average Bonchev–Trinajstić information content (AvgIpc) is 2.99. The van der Waals surface area contributed by atoms with Crippen molar-refractivity contribution in [3.05, 3.63) is 53.1 Å². The van der Waals surface area contributed by atoms with Crippen LogP contribution in [0.25, 0.3) is 0 Å². The second kappa shape index (κ2) is 7.03. The largest absolute Gasteiger partial charge is 0.496 e. The van der Waals surface area contributed by atoms with Crippen molar-refractivity contribution in [3.8, 4) is 17.2 Å². The van der Waals surface area contributed by atoms with Gasteiger partial charge in [0, 0.05) is 12.7 Å². The van der Waals surface area contributed by atoms with Crippen LogP contribution in [-0.4, -0.2) is 34.4 Å². The van der Waals surface area contributed by atoms with Crippen molar-refractivity contribution < 1.29 is 28.5 Å². The van der Waals surface area contributed by atoms with E-state index < -0.39 is 18.2 Å². The van der Waals surface area contributed by atoms with Gasteiger partial charge in [0.2, 0.25) is 0 Å². The van der Waals surface area contributed by atoms with Gasteiger partial charge in [-0.2, -0.15) is 0 Å². The molecule has 0 aromatic heterocycles. The van der Waals surface area contributed by atoms with Crippen molar-refractivity contribution >= 4 is 5.97 Å². The predicted octanol–water partition coefficient (Wildman–Crippen LogP) is 3.31. The molecule has 0 amide bonds. The van der Waals surface area contributed by atoms with Gasteiger partial charge in [0.15, 0.2) is 17.6 Å². The number of hydrogen-bond acceptors (Lipinski definition) is 6. The summed E-state index contributed by atoms with van der Waals surface area (Å²) in [5, 5.41) is 0. The van der Waals surface area contributed by atoms with Gasteiger partial charge in [-0.1, -0.05) is 18.2 Å². The van der Waals surface area contributed by atoms with Crippen molar-refractivity contribution in [1.29, 1.82) is 0 Å². The Morgan fingerprint density at radius 1 is 0.920 bits per heavy atom. The van der Waals surface area contributed by atoms with E-state index in [1.54, 1.807) is 33.5 Å². The van der Waals surface area contributed by atoms with Gasteiger partial charge in [-0.3, -0.25) is 0 Å². The van der Waals surface area contributed by atoms with Crippen LogP contribution in [0.3, 0.4) is 0 Å². The maximum atomic E-state index is 12.3. The number of cyclic esters (lactones) is 1. The molecule has 0 unspecified atom stereocenters. The van der Waals surface area contributed by atoms with Gasteiger partial charge < -0.3 is 23.7 Å². The number of hydrogen-bond donors (Lipinski definition) is 0. The minimum absolute atomic E-state index is 0.417. The molecule has 2 aromatic carbocycles. The Balaban J connectivity index is 2.03. The summed E-state index contributed by atoms with van der Waals surface area (Å²) in [6.07, 6.45) is -1.06. The van der Waals surface area contributed by atoms with E-state index in [4.69, 9.17) is 23.7 Å². The van der Waals surface area contributed by atoms with Crippen molar-refractivity contribution in [1.82, 2.24) is 0 Å². The third-order valence-electron chi connectivity index (χ3n) is 4.29. The average molecular weight is 344 g/mol. The fourth-order valence-electron chi connectivity index (χ4n) is 3.10. The molecule has 1 aliphatic rings. The summed E-state index contributed by atoms with van der Waals surface area (Å²) in [5.74, 6) is 1.27. The van der Waals surface area contributed by atoms with Gasteiger partial charge in [-0.25, -0.2) is 4.79 Å². The van der Waals surface area contributed by atoms with Crippen LogP contribution in [0.2, 0.25) is 0 Å². The third kappa shape index (κ3) is 2.89. The van der Waals surface area contributed by atoms with Gasteiger partial charge in [0.1, 0.15) is 17.4 Å². The predicted molar refractivity (Wildman–Crippen MR) is 90.4 cm³/mol. The standard InChI is InChI=1S/C19H20O6/c1-21-13-9-8-11(10-15(13)23-3)17(24-4)18-12-6-5-7-14(22-2)16(12)19(20)25-18/h5-10,17-18H,1-4H3/t17-,18+/m1/s1. The van der Waals surface area contributed by atoms with Crippen molar-refractivity contribution in [2.45, 2.75) is 12.2 Å². The van der Waals surface area contributed by atoms with Crippen molar-refractivity contribution in [2.75, 3.05) is 28.4 Å². The quantitative estimate of drug-likeness (QED) is 0.749. The number of methoxy groups -OCH3 is 4.